The fourth-order valence-corrected chi connectivity index (χ4v) is 4.17. The highest BCUT2D eigenvalue weighted by atomic mass is 32.2. The molecule has 130 valence electrons. The number of benzene rings is 1. The third-order valence-corrected chi connectivity index (χ3v) is 5.74. The molecule has 24 heavy (non-hydrogen) atoms. The van der Waals surface area contributed by atoms with Crippen LogP contribution < -0.4 is 10.1 Å². The summed E-state index contributed by atoms with van der Waals surface area (Å²) in [7, 11) is -3.89. The number of amides is 3. The topological polar surface area (TPSA) is 96.0 Å². The molecule has 1 aromatic carbocycles. The van der Waals surface area contributed by atoms with Crippen molar-refractivity contribution in [1.82, 2.24) is 14.5 Å². The Morgan fingerprint density at radius 2 is 2.04 bits per heavy atom. The number of urea groups is 1. The molecule has 0 atom stereocenters. The number of hydrogen-bond donors (Lipinski definition) is 1. The molecular formula is C14H16FN3O5S. The summed E-state index contributed by atoms with van der Waals surface area (Å²) < 4.78 is 45.0. The van der Waals surface area contributed by atoms with Crippen molar-refractivity contribution < 1.29 is 27.1 Å². The highest BCUT2D eigenvalue weighted by molar-refractivity contribution is 7.89. The van der Waals surface area contributed by atoms with Crippen LogP contribution >= 0.6 is 0 Å². The van der Waals surface area contributed by atoms with Crippen LogP contribution in [0.3, 0.4) is 0 Å². The molecule has 0 bridgehead atoms. The largest absolute Gasteiger partial charge is 0.491 e. The molecule has 10 heteroatoms. The van der Waals surface area contributed by atoms with Crippen LogP contribution in [-0.2, 0) is 14.8 Å². The minimum absolute atomic E-state index is 0.00365. The van der Waals surface area contributed by atoms with E-state index in [0.29, 0.717) is 0 Å². The van der Waals surface area contributed by atoms with E-state index >= 15 is 0 Å². The summed E-state index contributed by atoms with van der Waals surface area (Å²) in [5, 5.41) is 2.39. The number of carbonyl (C=O) groups is 2. The highest BCUT2D eigenvalue weighted by Gasteiger charge is 2.45. The maximum absolute atomic E-state index is 13.9. The molecule has 2 fully saturated rings. The molecule has 2 saturated heterocycles. The number of nitrogens with one attached hydrogen (secondary N) is 1. The van der Waals surface area contributed by atoms with E-state index in [1.807, 2.05) is 0 Å². The Hall–Kier alpha value is -2.20. The number of halogens is 1. The molecule has 3 amide bonds. The predicted molar refractivity (Wildman–Crippen MR) is 80.4 cm³/mol. The first-order valence-electron chi connectivity index (χ1n) is 7.37. The lowest BCUT2D eigenvalue weighted by atomic mass is 10.1. The first-order chi connectivity index (χ1) is 11.3. The molecule has 2 aliphatic rings. The second-order valence-corrected chi connectivity index (χ2v) is 7.36. The van der Waals surface area contributed by atoms with Crippen LogP contribution in [0, 0.1) is 5.82 Å². The van der Waals surface area contributed by atoms with Crippen molar-refractivity contribution in [3.8, 4) is 5.75 Å². The van der Waals surface area contributed by atoms with Crippen LogP contribution in [0.5, 0.6) is 5.75 Å². The monoisotopic (exact) mass is 357 g/mol. The zero-order valence-corrected chi connectivity index (χ0v) is 13.7. The van der Waals surface area contributed by atoms with Crippen molar-refractivity contribution in [2.75, 3.05) is 26.2 Å². The molecule has 8 nitrogen and oxygen atoms in total. The molecule has 0 aromatic heterocycles. The van der Waals surface area contributed by atoms with Gasteiger partial charge in [0.1, 0.15) is 0 Å². The molecule has 3 rings (SSSR count). The van der Waals surface area contributed by atoms with Gasteiger partial charge in [-0.15, -0.1) is 0 Å². The van der Waals surface area contributed by atoms with Gasteiger partial charge in [0.05, 0.1) is 24.1 Å². The number of imide groups is 1. The van der Waals surface area contributed by atoms with E-state index in [0.717, 1.165) is 15.3 Å². The smallest absolute Gasteiger partial charge is 0.324 e. The molecular weight excluding hydrogens is 341 g/mol. The SMILES string of the molecule is CCOc1ccc(S(=O)(=O)N2CC(N3C(=O)CNC3=O)C2)cc1F. The Balaban J connectivity index is 1.73. The van der Waals surface area contributed by atoms with Gasteiger partial charge in [-0.1, -0.05) is 0 Å². The molecule has 2 heterocycles. The van der Waals surface area contributed by atoms with Crippen LogP contribution in [0.15, 0.2) is 23.1 Å². The van der Waals surface area contributed by atoms with Crippen LogP contribution in [0.1, 0.15) is 6.92 Å². The van der Waals surface area contributed by atoms with E-state index in [1.165, 1.54) is 12.1 Å². The average Bonchev–Trinajstić information content (AvgIpc) is 2.80. The van der Waals surface area contributed by atoms with Gasteiger partial charge in [0.2, 0.25) is 15.9 Å². The second-order valence-electron chi connectivity index (χ2n) is 5.42. The number of sulfonamides is 1. The zero-order valence-electron chi connectivity index (χ0n) is 12.9. The molecule has 0 aliphatic carbocycles. The van der Waals surface area contributed by atoms with Crippen LogP contribution in [0.4, 0.5) is 9.18 Å². The third-order valence-electron chi connectivity index (χ3n) is 3.91. The maximum Gasteiger partial charge on any atom is 0.324 e. The average molecular weight is 357 g/mol. The van der Waals surface area contributed by atoms with E-state index in [2.05, 4.69) is 5.32 Å². The highest BCUT2D eigenvalue weighted by Crippen LogP contribution is 2.28. The van der Waals surface area contributed by atoms with Gasteiger partial charge in [0.15, 0.2) is 11.6 Å². The van der Waals surface area contributed by atoms with E-state index in [9.17, 15) is 22.4 Å². The standard InChI is InChI=1S/C14H16FN3O5S/c1-2-23-12-4-3-10(5-11(12)15)24(21,22)17-7-9(8-17)18-13(19)6-16-14(18)20/h3-5,9H,2,6-8H2,1H3,(H,16,20). The number of ether oxygens (including phenoxy) is 1. The molecule has 0 saturated carbocycles. The third kappa shape index (κ3) is 2.71. The molecule has 2 aliphatic heterocycles. The van der Waals surface area contributed by atoms with E-state index in [4.69, 9.17) is 4.74 Å². The predicted octanol–water partition coefficient (Wildman–Crippen LogP) is 0.149. The van der Waals surface area contributed by atoms with Crippen molar-refractivity contribution in [2.24, 2.45) is 0 Å². The normalized spacial score (nSPS) is 19.3. The minimum Gasteiger partial charge on any atom is -0.491 e. The van der Waals surface area contributed by atoms with Crippen molar-refractivity contribution in [2.45, 2.75) is 17.9 Å². The molecule has 1 N–H and O–H groups in total. The number of nitrogens with zero attached hydrogens (tertiary/aromatic N) is 2. The summed E-state index contributed by atoms with van der Waals surface area (Å²) >= 11 is 0. The van der Waals surface area contributed by atoms with E-state index in [-0.39, 0.29) is 42.8 Å². The minimum atomic E-state index is -3.89. The van der Waals surface area contributed by atoms with Crippen LogP contribution in [0.25, 0.3) is 0 Å². The Morgan fingerprint density at radius 1 is 1.33 bits per heavy atom. The first kappa shape index (κ1) is 16.7. The summed E-state index contributed by atoms with van der Waals surface area (Å²) in [4.78, 5) is 24.0. The van der Waals surface area contributed by atoms with Gasteiger partial charge < -0.3 is 10.1 Å². The Bertz CT molecular complexity index is 776. The molecule has 0 unspecified atom stereocenters. The van der Waals surface area contributed by atoms with E-state index < -0.39 is 27.9 Å². The maximum atomic E-state index is 13.9. The van der Waals surface area contributed by atoms with Gasteiger partial charge in [-0.05, 0) is 25.1 Å². The van der Waals surface area contributed by atoms with Crippen molar-refractivity contribution in [1.29, 1.82) is 0 Å². The molecule has 1 aromatic rings. The lowest BCUT2D eigenvalue weighted by molar-refractivity contribution is -0.128. The fraction of sp³-hybridized carbons (Fsp3) is 0.429. The van der Waals surface area contributed by atoms with Crippen molar-refractivity contribution in [3.63, 3.8) is 0 Å². The number of hydrogen-bond acceptors (Lipinski definition) is 5. The van der Waals surface area contributed by atoms with E-state index in [1.54, 1.807) is 6.92 Å². The van der Waals surface area contributed by atoms with Crippen molar-refractivity contribution >= 4 is 22.0 Å². The Morgan fingerprint density at radius 3 is 2.58 bits per heavy atom. The number of rotatable bonds is 5. The van der Waals surface area contributed by atoms with Crippen molar-refractivity contribution in [3.05, 3.63) is 24.0 Å². The first-order valence-corrected chi connectivity index (χ1v) is 8.81. The lowest BCUT2D eigenvalue weighted by Crippen LogP contribution is -2.62. The quantitative estimate of drug-likeness (QED) is 0.757. The zero-order chi connectivity index (χ0) is 17.5. The van der Waals surface area contributed by atoms with Crippen LogP contribution in [-0.4, -0.2) is 61.8 Å². The Kier molecular flexibility index (Phi) is 4.18. The van der Waals surface area contributed by atoms with Crippen LogP contribution in [0.2, 0.25) is 0 Å². The van der Waals surface area contributed by atoms with Gasteiger partial charge in [-0.3, -0.25) is 9.69 Å². The summed E-state index contributed by atoms with van der Waals surface area (Å²) in [6.07, 6.45) is 0. The summed E-state index contributed by atoms with van der Waals surface area (Å²) in [5.41, 5.74) is 0. The lowest BCUT2D eigenvalue weighted by Gasteiger charge is -2.41. The summed E-state index contributed by atoms with van der Waals surface area (Å²) in [6.45, 7) is 1.88. The van der Waals surface area contributed by atoms with Gasteiger partial charge in [-0.2, -0.15) is 4.31 Å². The van der Waals surface area contributed by atoms with Gasteiger partial charge in [-0.25, -0.2) is 17.6 Å². The summed E-state index contributed by atoms with van der Waals surface area (Å²) in [6, 6.07) is 2.42. The summed E-state index contributed by atoms with van der Waals surface area (Å²) in [5.74, 6) is -1.16. The Labute approximate surface area is 138 Å². The molecule has 0 radical (unpaired) electrons. The van der Waals surface area contributed by atoms with Gasteiger partial charge >= 0.3 is 6.03 Å². The fourth-order valence-electron chi connectivity index (χ4n) is 2.64. The molecule has 0 spiro atoms. The number of carbonyl (C=O) groups excluding carboxylic acids is 2. The van der Waals surface area contributed by atoms with Gasteiger partial charge in [0, 0.05) is 13.1 Å². The second kappa shape index (κ2) is 6.02. The van der Waals surface area contributed by atoms with Gasteiger partial charge in [0.25, 0.3) is 0 Å².